The van der Waals surface area contributed by atoms with Crippen LogP contribution in [0, 0.1) is 5.92 Å². The zero-order valence-electron chi connectivity index (χ0n) is 15.6. The third kappa shape index (κ3) is 10.1. The Morgan fingerprint density at radius 3 is 2.08 bits per heavy atom. The summed E-state index contributed by atoms with van der Waals surface area (Å²) < 4.78 is 5.76. The highest BCUT2D eigenvalue weighted by atomic mass is 16.6. The Hall–Kier alpha value is -0.830. The number of aliphatic carboxylic acids is 1. The van der Waals surface area contributed by atoms with Gasteiger partial charge in [-0.2, -0.15) is 0 Å². The molecule has 24 heavy (non-hydrogen) atoms. The van der Waals surface area contributed by atoms with E-state index in [1.165, 1.54) is 64.2 Å². The number of unbranched alkanes of at least 4 members (excludes halogenated alkanes) is 8. The van der Waals surface area contributed by atoms with E-state index in [9.17, 15) is 9.90 Å². The lowest BCUT2D eigenvalue weighted by Crippen LogP contribution is -2.31. The van der Waals surface area contributed by atoms with Crippen molar-refractivity contribution in [3.63, 3.8) is 0 Å². The summed E-state index contributed by atoms with van der Waals surface area (Å²) >= 11 is 0. The lowest BCUT2D eigenvalue weighted by atomic mass is 9.97. The fourth-order valence-electron chi connectivity index (χ4n) is 3.44. The third-order valence-electron chi connectivity index (χ3n) is 5.11. The van der Waals surface area contributed by atoms with Gasteiger partial charge in [-0.25, -0.2) is 0 Å². The summed E-state index contributed by atoms with van der Waals surface area (Å²) in [6.45, 7) is 5.86. The first-order valence-electron chi connectivity index (χ1n) is 10.2. The SMILES string of the molecule is C=CCC(CCCCCCC1OC1CCCCCCCC)C(=O)[O-]. The molecule has 0 saturated carbocycles. The van der Waals surface area contributed by atoms with E-state index >= 15 is 0 Å². The van der Waals surface area contributed by atoms with Gasteiger partial charge in [0.15, 0.2) is 0 Å². The summed E-state index contributed by atoms with van der Waals surface area (Å²) in [6.07, 6.45) is 19.0. The molecule has 0 aromatic heterocycles. The van der Waals surface area contributed by atoms with Gasteiger partial charge in [0.1, 0.15) is 0 Å². The summed E-state index contributed by atoms with van der Waals surface area (Å²) in [5.74, 6) is -1.28. The van der Waals surface area contributed by atoms with Gasteiger partial charge in [0.05, 0.1) is 12.2 Å². The van der Waals surface area contributed by atoms with Crippen LogP contribution in [0.5, 0.6) is 0 Å². The van der Waals surface area contributed by atoms with Crippen molar-refractivity contribution in [2.24, 2.45) is 5.92 Å². The van der Waals surface area contributed by atoms with Crippen molar-refractivity contribution >= 4 is 5.97 Å². The number of ether oxygens (including phenoxy) is 1. The predicted octanol–water partition coefficient (Wildman–Crippen LogP) is 4.79. The van der Waals surface area contributed by atoms with Crippen molar-refractivity contribution in [3.05, 3.63) is 12.7 Å². The summed E-state index contributed by atoms with van der Waals surface area (Å²) in [4.78, 5) is 10.9. The number of hydrogen-bond acceptors (Lipinski definition) is 3. The van der Waals surface area contributed by atoms with Crippen LogP contribution in [0.15, 0.2) is 12.7 Å². The van der Waals surface area contributed by atoms with Gasteiger partial charge >= 0.3 is 0 Å². The number of carboxylic acids is 1. The van der Waals surface area contributed by atoms with E-state index in [0.717, 1.165) is 19.3 Å². The van der Waals surface area contributed by atoms with Crippen LogP contribution in [-0.2, 0) is 9.53 Å². The van der Waals surface area contributed by atoms with Crippen LogP contribution in [0.4, 0.5) is 0 Å². The Balaban J connectivity index is 1.87. The largest absolute Gasteiger partial charge is 0.550 e. The molecule has 3 nitrogen and oxygen atoms in total. The van der Waals surface area contributed by atoms with E-state index in [2.05, 4.69) is 13.5 Å². The fraction of sp³-hybridized carbons (Fsp3) is 0.857. The highest BCUT2D eigenvalue weighted by molar-refractivity contribution is 5.67. The molecule has 0 aromatic rings. The van der Waals surface area contributed by atoms with E-state index in [4.69, 9.17) is 4.74 Å². The molecular formula is C21H37O3-. The van der Waals surface area contributed by atoms with Gasteiger partial charge in [-0.1, -0.05) is 77.2 Å². The average molecular weight is 338 g/mol. The van der Waals surface area contributed by atoms with Crippen LogP contribution in [0.3, 0.4) is 0 Å². The van der Waals surface area contributed by atoms with Crippen molar-refractivity contribution in [1.29, 1.82) is 0 Å². The van der Waals surface area contributed by atoms with E-state index in [1.807, 2.05) is 0 Å². The molecule has 3 unspecified atom stereocenters. The first-order chi connectivity index (χ1) is 11.7. The maximum atomic E-state index is 10.9. The van der Waals surface area contributed by atoms with Crippen LogP contribution in [-0.4, -0.2) is 18.2 Å². The molecular weight excluding hydrogens is 300 g/mol. The molecule has 3 heteroatoms. The predicted molar refractivity (Wildman–Crippen MR) is 97.7 cm³/mol. The molecule has 1 heterocycles. The molecule has 1 saturated heterocycles. The summed E-state index contributed by atoms with van der Waals surface area (Å²) in [5.41, 5.74) is 0. The Morgan fingerprint density at radius 2 is 1.54 bits per heavy atom. The molecule has 1 aliphatic heterocycles. The second-order valence-electron chi connectivity index (χ2n) is 7.30. The van der Waals surface area contributed by atoms with Crippen LogP contribution in [0.2, 0.25) is 0 Å². The quantitative estimate of drug-likeness (QED) is 0.218. The van der Waals surface area contributed by atoms with Crippen molar-refractivity contribution in [2.45, 2.75) is 109 Å². The number of carbonyl (C=O) groups excluding carboxylic acids is 1. The lowest BCUT2D eigenvalue weighted by molar-refractivity contribution is -0.311. The molecule has 0 aromatic carbocycles. The fourth-order valence-corrected chi connectivity index (χ4v) is 3.44. The van der Waals surface area contributed by atoms with E-state index in [0.29, 0.717) is 18.6 Å². The summed E-state index contributed by atoms with van der Waals surface area (Å²) in [6, 6.07) is 0. The second kappa shape index (κ2) is 13.5. The van der Waals surface area contributed by atoms with Gasteiger partial charge in [0.2, 0.25) is 0 Å². The highest BCUT2D eigenvalue weighted by Crippen LogP contribution is 2.32. The molecule has 0 spiro atoms. The minimum Gasteiger partial charge on any atom is -0.550 e. The molecule has 0 amide bonds. The smallest absolute Gasteiger partial charge is 0.0841 e. The van der Waals surface area contributed by atoms with E-state index in [1.54, 1.807) is 6.08 Å². The molecule has 0 N–H and O–H groups in total. The van der Waals surface area contributed by atoms with E-state index < -0.39 is 5.97 Å². The van der Waals surface area contributed by atoms with Crippen LogP contribution in [0.1, 0.15) is 96.8 Å². The maximum absolute atomic E-state index is 10.9. The number of allylic oxidation sites excluding steroid dienone is 1. The van der Waals surface area contributed by atoms with Gasteiger partial charge in [-0.3, -0.25) is 0 Å². The zero-order chi connectivity index (χ0) is 17.6. The first kappa shape index (κ1) is 21.2. The molecule has 0 radical (unpaired) electrons. The van der Waals surface area contributed by atoms with Crippen molar-refractivity contribution in [2.75, 3.05) is 0 Å². The lowest BCUT2D eigenvalue weighted by Gasteiger charge is -2.15. The van der Waals surface area contributed by atoms with Crippen molar-refractivity contribution in [1.82, 2.24) is 0 Å². The molecule has 1 rings (SSSR count). The van der Waals surface area contributed by atoms with Gasteiger partial charge < -0.3 is 14.6 Å². The van der Waals surface area contributed by atoms with E-state index in [-0.39, 0.29) is 5.92 Å². The Morgan fingerprint density at radius 1 is 1.00 bits per heavy atom. The molecule has 1 fully saturated rings. The minimum absolute atomic E-state index is 0.351. The van der Waals surface area contributed by atoms with Crippen molar-refractivity contribution in [3.8, 4) is 0 Å². The van der Waals surface area contributed by atoms with Gasteiger partial charge in [0, 0.05) is 11.9 Å². The Kier molecular flexibility index (Phi) is 11.9. The average Bonchev–Trinajstić information content (AvgIpc) is 3.31. The number of rotatable bonds is 17. The molecule has 0 bridgehead atoms. The monoisotopic (exact) mass is 337 g/mol. The summed E-state index contributed by atoms with van der Waals surface area (Å²) in [5, 5.41) is 10.9. The maximum Gasteiger partial charge on any atom is 0.0841 e. The topological polar surface area (TPSA) is 52.7 Å². The highest BCUT2D eigenvalue weighted by Gasteiger charge is 2.36. The number of carbonyl (C=O) groups is 1. The molecule has 0 aliphatic carbocycles. The van der Waals surface area contributed by atoms with Crippen LogP contribution < -0.4 is 5.11 Å². The Labute approximate surface area is 148 Å². The van der Waals surface area contributed by atoms with Gasteiger partial charge in [-0.05, 0) is 25.7 Å². The number of hydrogen-bond donors (Lipinski definition) is 0. The van der Waals surface area contributed by atoms with Crippen LogP contribution >= 0.6 is 0 Å². The Bertz CT molecular complexity index is 340. The number of carboxylic acid groups (broad SMARTS) is 1. The molecule has 3 atom stereocenters. The second-order valence-corrected chi connectivity index (χ2v) is 7.30. The first-order valence-corrected chi connectivity index (χ1v) is 10.2. The molecule has 140 valence electrons. The number of epoxide rings is 1. The van der Waals surface area contributed by atoms with Gasteiger partial charge in [0.25, 0.3) is 0 Å². The summed E-state index contributed by atoms with van der Waals surface area (Å²) in [7, 11) is 0. The van der Waals surface area contributed by atoms with Crippen LogP contribution in [0.25, 0.3) is 0 Å². The normalized spacial score (nSPS) is 20.7. The zero-order valence-corrected chi connectivity index (χ0v) is 15.6. The standard InChI is InChI=1S/C21H38O3/c1-3-5-6-7-8-12-16-19-20(24-19)17-13-10-9-11-15-18(14-4-2)21(22)23/h4,18-20H,2-3,5-17H2,1H3,(H,22,23)/p-1. The van der Waals surface area contributed by atoms with Gasteiger partial charge in [-0.15, -0.1) is 6.58 Å². The van der Waals surface area contributed by atoms with Crippen molar-refractivity contribution < 1.29 is 14.6 Å². The third-order valence-corrected chi connectivity index (χ3v) is 5.11. The minimum atomic E-state index is -0.932. The molecule has 1 aliphatic rings.